The van der Waals surface area contributed by atoms with Crippen molar-refractivity contribution in [2.75, 3.05) is 32.9 Å². The Morgan fingerprint density at radius 1 is 1.28 bits per heavy atom. The maximum absolute atomic E-state index is 12.8. The van der Waals surface area contributed by atoms with Crippen LogP contribution in [0.15, 0.2) is 61.2 Å². The van der Waals surface area contributed by atoms with Crippen molar-refractivity contribution in [2.45, 2.75) is 13.3 Å². The molecule has 1 rings (SSSR count). The number of allylic oxidation sites excluding steroid dienone is 4. The van der Waals surface area contributed by atoms with Gasteiger partial charge in [-0.15, -0.1) is 9.24 Å². The first-order chi connectivity index (χ1) is 12.1. The summed E-state index contributed by atoms with van der Waals surface area (Å²) >= 11 is 0. The van der Waals surface area contributed by atoms with Gasteiger partial charge in [0, 0.05) is 24.6 Å². The van der Waals surface area contributed by atoms with Gasteiger partial charge in [-0.3, -0.25) is 4.79 Å². The monoisotopic (exact) mass is 359 g/mol. The normalized spacial score (nSPS) is 12.7. The molecule has 2 atom stereocenters. The van der Waals surface area contributed by atoms with Crippen LogP contribution in [0, 0.1) is 5.92 Å². The number of carbonyl (C=O) groups is 1. The predicted molar refractivity (Wildman–Crippen MR) is 111 cm³/mol. The van der Waals surface area contributed by atoms with Crippen LogP contribution in [0.25, 0.3) is 0 Å². The molecule has 2 unspecified atom stereocenters. The van der Waals surface area contributed by atoms with E-state index in [-0.39, 0.29) is 11.7 Å². The number of benzene rings is 1. The van der Waals surface area contributed by atoms with Gasteiger partial charge in [-0.2, -0.15) is 0 Å². The fourth-order valence-electron chi connectivity index (χ4n) is 2.60. The van der Waals surface area contributed by atoms with E-state index < -0.39 is 0 Å². The van der Waals surface area contributed by atoms with Crippen molar-refractivity contribution < 1.29 is 9.53 Å². The highest BCUT2D eigenvalue weighted by atomic mass is 31.0. The third kappa shape index (κ3) is 6.97. The van der Waals surface area contributed by atoms with Gasteiger partial charge in [-0.1, -0.05) is 38.3 Å². The lowest BCUT2D eigenvalue weighted by atomic mass is 9.88. The molecular weight excluding hydrogens is 329 g/mol. The smallest absolute Gasteiger partial charge is 0.170 e. The molecule has 0 spiro atoms. The summed E-state index contributed by atoms with van der Waals surface area (Å²) in [7, 11) is 4.80. The third-order valence-corrected chi connectivity index (χ3v) is 4.32. The molecule has 0 saturated heterocycles. The first-order valence-corrected chi connectivity index (χ1v) is 9.49. The van der Waals surface area contributed by atoms with Crippen LogP contribution in [-0.4, -0.2) is 43.6 Å². The quantitative estimate of drug-likeness (QED) is 0.315. The zero-order chi connectivity index (χ0) is 18.7. The molecular formula is C21H30NO2P. The van der Waals surface area contributed by atoms with Crippen molar-refractivity contribution in [1.29, 1.82) is 0 Å². The van der Waals surface area contributed by atoms with Crippen molar-refractivity contribution in [3.05, 3.63) is 66.8 Å². The van der Waals surface area contributed by atoms with Crippen LogP contribution in [0.5, 0.6) is 5.75 Å². The van der Waals surface area contributed by atoms with Crippen LogP contribution in [0.3, 0.4) is 0 Å². The molecule has 0 amide bonds. The Labute approximate surface area is 154 Å². The van der Waals surface area contributed by atoms with Gasteiger partial charge in [0.05, 0.1) is 0 Å². The molecule has 1 aromatic carbocycles. The van der Waals surface area contributed by atoms with Crippen molar-refractivity contribution in [2.24, 2.45) is 5.92 Å². The minimum absolute atomic E-state index is 0.0993. The van der Waals surface area contributed by atoms with Crippen molar-refractivity contribution in [3.8, 4) is 5.75 Å². The van der Waals surface area contributed by atoms with E-state index in [0.29, 0.717) is 12.2 Å². The van der Waals surface area contributed by atoms with Crippen LogP contribution in [-0.2, 0) is 0 Å². The van der Waals surface area contributed by atoms with Crippen molar-refractivity contribution >= 4 is 15.0 Å². The number of ether oxygens (including phenoxy) is 1. The lowest BCUT2D eigenvalue weighted by molar-refractivity contribution is 0.0938. The number of hydrogen-bond donors (Lipinski definition) is 0. The van der Waals surface area contributed by atoms with E-state index in [1.54, 1.807) is 12.2 Å². The average molecular weight is 359 g/mol. The molecule has 0 bridgehead atoms. The lowest BCUT2D eigenvalue weighted by Gasteiger charge is -2.16. The molecule has 0 aromatic heterocycles. The fourth-order valence-corrected chi connectivity index (χ4v) is 3.04. The Morgan fingerprint density at radius 3 is 2.48 bits per heavy atom. The van der Waals surface area contributed by atoms with Gasteiger partial charge in [0.1, 0.15) is 12.4 Å². The molecule has 0 fully saturated rings. The molecule has 0 radical (unpaired) electrons. The van der Waals surface area contributed by atoms with Crippen molar-refractivity contribution in [1.82, 2.24) is 4.90 Å². The summed E-state index contributed by atoms with van der Waals surface area (Å²) in [5.41, 5.74) is 1.59. The predicted octanol–water partition coefficient (Wildman–Crippen LogP) is 4.38. The van der Waals surface area contributed by atoms with Gasteiger partial charge in [-0.25, -0.2) is 0 Å². The van der Waals surface area contributed by atoms with Gasteiger partial charge in [0.15, 0.2) is 5.78 Å². The molecule has 0 aliphatic heterocycles. The SMILES string of the molecule is C=C/C=C(\C=C)C(CC)C(=O)c1ccc(OCCN(C)CCP)cc1. The van der Waals surface area contributed by atoms with E-state index >= 15 is 0 Å². The molecule has 0 heterocycles. The van der Waals surface area contributed by atoms with Gasteiger partial charge in [0.25, 0.3) is 0 Å². The molecule has 0 saturated carbocycles. The summed E-state index contributed by atoms with van der Waals surface area (Å²) < 4.78 is 5.75. The van der Waals surface area contributed by atoms with E-state index in [0.717, 1.165) is 37.0 Å². The van der Waals surface area contributed by atoms with E-state index in [9.17, 15) is 4.79 Å². The second-order valence-corrected chi connectivity index (χ2v) is 6.47. The number of rotatable bonds is 12. The topological polar surface area (TPSA) is 29.5 Å². The summed E-state index contributed by atoms with van der Waals surface area (Å²) in [4.78, 5) is 15.0. The minimum Gasteiger partial charge on any atom is -0.492 e. The standard InChI is InChI=1S/C21H30NO2P/c1-5-8-17(6-2)20(7-3)21(23)18-9-11-19(12-10-18)24-15-13-22(4)14-16-25/h5-6,8-12,20H,1-2,7,13-16,25H2,3-4H3/b17-8+. The van der Waals surface area contributed by atoms with Crippen LogP contribution in [0.2, 0.25) is 0 Å². The first kappa shape index (κ1) is 21.3. The largest absolute Gasteiger partial charge is 0.492 e. The fraction of sp³-hybridized carbons (Fsp3) is 0.381. The molecule has 1 aromatic rings. The Bertz CT molecular complexity index is 592. The van der Waals surface area contributed by atoms with Crippen LogP contribution in [0.1, 0.15) is 23.7 Å². The lowest BCUT2D eigenvalue weighted by Crippen LogP contribution is -2.26. The molecule has 25 heavy (non-hydrogen) atoms. The van der Waals surface area contributed by atoms with Crippen LogP contribution in [0.4, 0.5) is 0 Å². The summed E-state index contributed by atoms with van der Waals surface area (Å²) in [6, 6.07) is 7.39. The number of ketones is 1. The highest BCUT2D eigenvalue weighted by Gasteiger charge is 2.20. The summed E-state index contributed by atoms with van der Waals surface area (Å²) in [5, 5.41) is 0. The minimum atomic E-state index is -0.192. The van der Waals surface area contributed by atoms with Crippen LogP contribution < -0.4 is 4.74 Å². The summed E-state index contributed by atoms with van der Waals surface area (Å²) in [5.74, 6) is 0.694. The van der Waals surface area contributed by atoms with Gasteiger partial charge >= 0.3 is 0 Å². The maximum atomic E-state index is 12.8. The number of hydrogen-bond acceptors (Lipinski definition) is 3. The van der Waals surface area contributed by atoms with E-state index in [1.165, 1.54) is 0 Å². The zero-order valence-corrected chi connectivity index (χ0v) is 16.6. The van der Waals surface area contributed by atoms with Gasteiger partial charge in [-0.05, 0) is 49.5 Å². The number of likely N-dealkylation sites (N-methyl/N-ethyl adjacent to an activating group) is 1. The highest BCUT2D eigenvalue weighted by Crippen LogP contribution is 2.23. The van der Waals surface area contributed by atoms with E-state index in [1.807, 2.05) is 37.3 Å². The number of Topliss-reactive ketones (excluding diaryl/α,β-unsaturated/α-hetero) is 1. The van der Waals surface area contributed by atoms with Gasteiger partial charge < -0.3 is 9.64 Å². The van der Waals surface area contributed by atoms with E-state index in [2.05, 4.69) is 34.3 Å². The summed E-state index contributed by atoms with van der Waals surface area (Å²) in [6.07, 6.45) is 7.06. The third-order valence-electron chi connectivity index (χ3n) is 4.06. The van der Waals surface area contributed by atoms with Gasteiger partial charge in [0.2, 0.25) is 0 Å². The molecule has 3 nitrogen and oxygen atoms in total. The first-order valence-electron chi connectivity index (χ1n) is 8.68. The van der Waals surface area contributed by atoms with Crippen LogP contribution >= 0.6 is 9.24 Å². The molecule has 0 N–H and O–H groups in total. The number of nitrogens with zero attached hydrogens (tertiary/aromatic N) is 1. The Balaban J connectivity index is 2.71. The number of carbonyl (C=O) groups excluding carboxylic acids is 1. The Morgan fingerprint density at radius 2 is 1.96 bits per heavy atom. The second kappa shape index (κ2) is 11.8. The molecule has 0 aliphatic carbocycles. The van der Waals surface area contributed by atoms with E-state index in [4.69, 9.17) is 4.74 Å². The Hall–Kier alpha value is -1.70. The summed E-state index contributed by atoms with van der Waals surface area (Å²) in [6.45, 7) is 12.1. The highest BCUT2D eigenvalue weighted by molar-refractivity contribution is 7.16. The molecule has 0 aliphatic rings. The zero-order valence-electron chi connectivity index (χ0n) is 15.4. The molecule has 4 heteroatoms. The molecule has 136 valence electrons. The maximum Gasteiger partial charge on any atom is 0.170 e. The Kier molecular flexibility index (Phi) is 10.1. The average Bonchev–Trinajstić information content (AvgIpc) is 2.62. The second-order valence-electron chi connectivity index (χ2n) is 5.90. The van der Waals surface area contributed by atoms with Crippen molar-refractivity contribution in [3.63, 3.8) is 0 Å².